The molecule has 3 unspecified atom stereocenters. The van der Waals surface area contributed by atoms with E-state index in [0.29, 0.717) is 6.42 Å². The second-order valence-corrected chi connectivity index (χ2v) is 10.3. The molecule has 1 aliphatic heterocycles. The summed E-state index contributed by atoms with van der Waals surface area (Å²) in [5, 5.41) is 20.4. The molecule has 0 bridgehead atoms. The van der Waals surface area contributed by atoms with Gasteiger partial charge in [-0.15, -0.1) is 0 Å². The van der Waals surface area contributed by atoms with Gasteiger partial charge in [-0.25, -0.2) is 0 Å². The summed E-state index contributed by atoms with van der Waals surface area (Å²) in [6, 6.07) is 0.853. The molecule has 4 rings (SSSR count). The quantitative estimate of drug-likeness (QED) is 0.285. The van der Waals surface area contributed by atoms with E-state index in [0.717, 1.165) is 69.1 Å². The Labute approximate surface area is 219 Å². The van der Waals surface area contributed by atoms with Crippen LogP contribution in [0, 0.1) is 17.3 Å². The van der Waals surface area contributed by atoms with Crippen molar-refractivity contribution in [2.24, 2.45) is 34.5 Å². The largest absolute Gasteiger partial charge is 0.417 e. The molecule has 2 saturated carbocycles. The van der Waals surface area contributed by atoms with Crippen molar-refractivity contribution >= 4 is 13.5 Å². The summed E-state index contributed by atoms with van der Waals surface area (Å²) < 4.78 is 37.9. The number of alkyl halides is 3. The highest BCUT2D eigenvalue weighted by Crippen LogP contribution is 2.51. The highest BCUT2D eigenvalue weighted by molar-refractivity contribution is 6.14. The monoisotopic (exact) mass is 523 g/mol. The van der Waals surface area contributed by atoms with Gasteiger partial charge in [0.25, 0.3) is 0 Å². The van der Waals surface area contributed by atoms with Gasteiger partial charge < -0.3 is 27.4 Å². The van der Waals surface area contributed by atoms with Crippen molar-refractivity contribution in [1.82, 2.24) is 9.88 Å². The minimum atomic E-state index is -4.49. The lowest BCUT2D eigenvalue weighted by Gasteiger charge is -2.49. The van der Waals surface area contributed by atoms with E-state index in [2.05, 4.69) is 9.88 Å². The Balaban J connectivity index is 0.000000255. The lowest BCUT2D eigenvalue weighted by molar-refractivity contribution is -0.137. The van der Waals surface area contributed by atoms with E-state index in [-0.39, 0.29) is 36.5 Å². The minimum absolute atomic E-state index is 0. The van der Waals surface area contributed by atoms with E-state index in [1.807, 2.05) is 0 Å². The van der Waals surface area contributed by atoms with Crippen LogP contribution in [0.3, 0.4) is 0 Å². The zero-order chi connectivity index (χ0) is 26.6. The fourth-order valence-corrected chi connectivity index (χ4v) is 6.06. The Hall–Kier alpha value is -2.24. The zero-order valence-corrected chi connectivity index (χ0v) is 20.6. The van der Waals surface area contributed by atoms with Crippen LogP contribution in [-0.4, -0.2) is 53.3 Å². The smallest absolute Gasteiger partial charge is 0.398 e. The summed E-state index contributed by atoms with van der Waals surface area (Å²) in [5.41, 5.74) is 13.1. The molecule has 8 N–H and O–H groups in total. The van der Waals surface area contributed by atoms with Crippen LogP contribution < -0.4 is 17.2 Å². The summed E-state index contributed by atoms with van der Waals surface area (Å²) in [6.45, 7) is 2.02. The molecule has 1 saturated heterocycles. The molecule has 206 valence electrons. The van der Waals surface area contributed by atoms with Gasteiger partial charge in [-0.05, 0) is 62.2 Å². The first-order valence-corrected chi connectivity index (χ1v) is 12.5. The molecule has 1 aromatic rings. The number of halogens is 3. The van der Waals surface area contributed by atoms with Crippen molar-refractivity contribution in [2.75, 3.05) is 19.7 Å². The Kier molecular flexibility index (Phi) is 10.5. The Bertz CT molecular complexity index is 932. The van der Waals surface area contributed by atoms with E-state index < -0.39 is 17.4 Å². The third kappa shape index (κ3) is 7.00. The molecule has 11 heteroatoms. The predicted molar refractivity (Wildman–Crippen MR) is 140 cm³/mol. The van der Waals surface area contributed by atoms with Crippen LogP contribution in [-0.2, 0) is 6.18 Å². The standard InChI is InChI=1S/C15H26BNO2.C10H11F3N4.CH4/c16-15(19,14(8-9-18)6-1-2-7-14)17-10-12-4-3-5-13(12)11-17;11-10(12,13)7-3-4-17-5-6(7)8(14)1-2-9(15)16;/h12-13,18-19H,1-11H2;1-5H,14-16H2;1H4/b;8-1-;. The maximum Gasteiger partial charge on any atom is 0.417 e. The topological polar surface area (TPSA) is 135 Å². The number of aliphatic hydroxyl groups is 2. The second-order valence-electron chi connectivity index (χ2n) is 10.3. The van der Waals surface area contributed by atoms with E-state index in [4.69, 9.17) is 25.0 Å². The number of rotatable bonds is 6. The van der Waals surface area contributed by atoms with Crippen molar-refractivity contribution in [3.05, 3.63) is 47.6 Å². The fraction of sp³-hybridized carbons (Fsp3) is 0.654. The maximum atomic E-state index is 12.6. The lowest BCUT2D eigenvalue weighted by atomic mass is 9.63. The number of aliphatic hydroxyl groups excluding tert-OH is 1. The highest BCUT2D eigenvalue weighted by atomic mass is 19.4. The van der Waals surface area contributed by atoms with Crippen LogP contribution in [0.4, 0.5) is 13.2 Å². The third-order valence-corrected chi connectivity index (χ3v) is 8.03. The van der Waals surface area contributed by atoms with Crippen molar-refractivity contribution in [2.45, 2.75) is 70.6 Å². The molecule has 0 amide bonds. The predicted octanol–water partition coefficient (Wildman–Crippen LogP) is 3.27. The van der Waals surface area contributed by atoms with Crippen LogP contribution in [0.5, 0.6) is 0 Å². The number of likely N-dealkylation sites (tertiary alicyclic amines) is 1. The molecule has 2 radical (unpaired) electrons. The maximum absolute atomic E-state index is 12.6. The first kappa shape index (κ1) is 31.0. The van der Waals surface area contributed by atoms with Crippen molar-refractivity contribution in [3.63, 3.8) is 0 Å². The molecule has 0 spiro atoms. The minimum Gasteiger partial charge on any atom is -0.398 e. The van der Waals surface area contributed by atoms with Crippen LogP contribution in [0.25, 0.3) is 5.70 Å². The Morgan fingerprint density at radius 3 is 2.22 bits per heavy atom. The molecule has 37 heavy (non-hydrogen) atoms. The molecule has 3 aliphatic rings. The van der Waals surface area contributed by atoms with Gasteiger partial charge in [0, 0.05) is 48.8 Å². The summed E-state index contributed by atoms with van der Waals surface area (Å²) in [7, 11) is 6.42. The van der Waals surface area contributed by atoms with Crippen molar-refractivity contribution in [3.8, 4) is 0 Å². The summed E-state index contributed by atoms with van der Waals surface area (Å²) in [5.74, 6) is 1.43. The SMILES string of the molecule is C.NC(N)=C/C=C(\N)c1cnccc1C(F)(F)F.[B]C(O)(N1CC2CCCC2C1)C1(CCO)CCCC1. The van der Waals surface area contributed by atoms with Gasteiger partial charge in [0.05, 0.1) is 17.0 Å². The van der Waals surface area contributed by atoms with Crippen LogP contribution in [0.1, 0.15) is 69.9 Å². The normalized spacial score (nSPS) is 24.8. The lowest BCUT2D eigenvalue weighted by Crippen LogP contribution is -2.60. The molecule has 2 aliphatic carbocycles. The van der Waals surface area contributed by atoms with Gasteiger partial charge in [-0.1, -0.05) is 26.7 Å². The van der Waals surface area contributed by atoms with E-state index >= 15 is 0 Å². The molecule has 3 fully saturated rings. The number of fused-ring (bicyclic) bond motifs is 1. The molecule has 3 atom stereocenters. The number of hydrogen-bond donors (Lipinski definition) is 5. The first-order chi connectivity index (χ1) is 16.9. The van der Waals surface area contributed by atoms with Crippen molar-refractivity contribution < 1.29 is 23.4 Å². The van der Waals surface area contributed by atoms with Gasteiger partial charge >= 0.3 is 6.18 Å². The van der Waals surface area contributed by atoms with Crippen LogP contribution in [0.15, 0.2) is 36.4 Å². The number of hydrogen-bond acceptors (Lipinski definition) is 7. The number of nitrogens with zero attached hydrogens (tertiary/aromatic N) is 2. The molecule has 2 heterocycles. The number of pyridine rings is 1. The Morgan fingerprint density at radius 1 is 1.11 bits per heavy atom. The van der Waals surface area contributed by atoms with Gasteiger partial charge in [-0.3, -0.25) is 9.88 Å². The third-order valence-electron chi connectivity index (χ3n) is 8.03. The van der Waals surface area contributed by atoms with E-state index in [9.17, 15) is 23.4 Å². The van der Waals surface area contributed by atoms with Gasteiger partial charge in [-0.2, -0.15) is 13.2 Å². The first-order valence-electron chi connectivity index (χ1n) is 12.5. The van der Waals surface area contributed by atoms with E-state index in [1.165, 1.54) is 31.4 Å². The van der Waals surface area contributed by atoms with Crippen LogP contribution in [0.2, 0.25) is 0 Å². The summed E-state index contributed by atoms with van der Waals surface area (Å²) in [4.78, 5) is 5.73. The van der Waals surface area contributed by atoms with Gasteiger partial charge in [0.1, 0.15) is 7.85 Å². The van der Waals surface area contributed by atoms with E-state index in [1.54, 1.807) is 0 Å². The van der Waals surface area contributed by atoms with Crippen molar-refractivity contribution in [1.29, 1.82) is 0 Å². The molecule has 1 aromatic heterocycles. The molecular formula is C26H41BF3N5O2. The Morgan fingerprint density at radius 2 is 1.70 bits per heavy atom. The number of allylic oxidation sites excluding steroid dienone is 2. The van der Waals surface area contributed by atoms with Crippen LogP contribution >= 0.6 is 0 Å². The highest BCUT2D eigenvalue weighted by Gasteiger charge is 2.53. The number of nitrogens with two attached hydrogens (primary N) is 3. The summed E-state index contributed by atoms with van der Waals surface area (Å²) in [6.07, 6.45) is 8.72. The average Bonchev–Trinajstić information content (AvgIpc) is 3.55. The summed E-state index contributed by atoms with van der Waals surface area (Å²) >= 11 is 0. The van der Waals surface area contributed by atoms with Gasteiger partial charge in [0.15, 0.2) is 0 Å². The molecular weight excluding hydrogens is 482 g/mol. The van der Waals surface area contributed by atoms with Gasteiger partial charge in [0.2, 0.25) is 0 Å². The fourth-order valence-electron chi connectivity index (χ4n) is 6.06. The zero-order valence-electron chi connectivity index (χ0n) is 20.6. The average molecular weight is 523 g/mol. The second kappa shape index (κ2) is 12.5. The molecule has 0 aromatic carbocycles. The molecule has 7 nitrogen and oxygen atoms in total. The number of aromatic nitrogens is 1.